The third-order valence-electron chi connectivity index (χ3n) is 3.29. The molecule has 0 aliphatic heterocycles. The maximum absolute atomic E-state index is 13.4. The van der Waals surface area contributed by atoms with Crippen molar-refractivity contribution in [3.05, 3.63) is 59.2 Å². The number of rotatable bonds is 5. The van der Waals surface area contributed by atoms with Gasteiger partial charge in [0.15, 0.2) is 0 Å². The van der Waals surface area contributed by atoms with Crippen LogP contribution >= 0.6 is 0 Å². The lowest BCUT2D eigenvalue weighted by Crippen LogP contribution is -2.14. The molecule has 0 radical (unpaired) electrons. The number of aryl methyl sites for hydroxylation is 1. The van der Waals surface area contributed by atoms with Crippen LogP contribution in [-0.4, -0.2) is 6.54 Å². The summed E-state index contributed by atoms with van der Waals surface area (Å²) in [6, 6.07) is 9.44. The molecule has 0 aliphatic rings. The Morgan fingerprint density at radius 3 is 2.25 bits per heavy atom. The number of hydrogen-bond donors (Lipinski definition) is 1. The first kappa shape index (κ1) is 14.7. The molecule has 0 amide bonds. The lowest BCUT2D eigenvalue weighted by molar-refractivity contribution is 0.619. The third-order valence-corrected chi connectivity index (χ3v) is 3.29. The predicted molar refractivity (Wildman–Crippen MR) is 78.5 cm³/mol. The van der Waals surface area contributed by atoms with Gasteiger partial charge in [-0.15, -0.1) is 0 Å². The second kappa shape index (κ2) is 6.62. The molecule has 2 aromatic carbocycles. The molecule has 3 heteroatoms. The molecule has 2 rings (SSSR count). The summed E-state index contributed by atoms with van der Waals surface area (Å²) < 4.78 is 26.7. The SMILES string of the molecule is CCCNCc1cc(F)ccc1-c1ccc(F)cc1C. The largest absolute Gasteiger partial charge is 0.313 e. The highest BCUT2D eigenvalue weighted by Crippen LogP contribution is 2.28. The summed E-state index contributed by atoms with van der Waals surface area (Å²) in [6.45, 7) is 5.45. The van der Waals surface area contributed by atoms with Crippen molar-refractivity contribution in [3.8, 4) is 11.1 Å². The first-order valence-electron chi connectivity index (χ1n) is 6.87. The van der Waals surface area contributed by atoms with Gasteiger partial charge in [-0.05, 0) is 66.4 Å². The molecule has 0 unspecified atom stereocenters. The zero-order valence-electron chi connectivity index (χ0n) is 11.8. The molecule has 0 heterocycles. The normalized spacial score (nSPS) is 10.8. The van der Waals surface area contributed by atoms with E-state index in [9.17, 15) is 8.78 Å². The molecule has 0 aliphatic carbocycles. The topological polar surface area (TPSA) is 12.0 Å². The van der Waals surface area contributed by atoms with Crippen LogP contribution in [0.4, 0.5) is 8.78 Å². The van der Waals surface area contributed by atoms with E-state index in [2.05, 4.69) is 12.2 Å². The summed E-state index contributed by atoms with van der Waals surface area (Å²) in [7, 11) is 0. The van der Waals surface area contributed by atoms with Gasteiger partial charge >= 0.3 is 0 Å². The average Bonchev–Trinajstić information content (AvgIpc) is 2.40. The minimum Gasteiger partial charge on any atom is -0.313 e. The number of benzene rings is 2. The van der Waals surface area contributed by atoms with Crippen LogP contribution < -0.4 is 5.32 Å². The standard InChI is InChI=1S/C17H19F2N/c1-3-8-20-11-13-10-15(19)5-7-17(13)16-6-4-14(18)9-12(16)2/h4-7,9-10,20H,3,8,11H2,1-2H3. The fourth-order valence-electron chi connectivity index (χ4n) is 2.30. The van der Waals surface area contributed by atoms with Crippen molar-refractivity contribution in [3.63, 3.8) is 0 Å². The van der Waals surface area contributed by atoms with Crippen molar-refractivity contribution in [2.45, 2.75) is 26.8 Å². The molecule has 0 fully saturated rings. The predicted octanol–water partition coefficient (Wildman–Crippen LogP) is 4.44. The second-order valence-corrected chi connectivity index (χ2v) is 4.94. The van der Waals surface area contributed by atoms with Crippen molar-refractivity contribution >= 4 is 0 Å². The van der Waals surface area contributed by atoms with Crippen molar-refractivity contribution in [2.75, 3.05) is 6.54 Å². The third kappa shape index (κ3) is 3.42. The lowest BCUT2D eigenvalue weighted by atomic mass is 9.95. The Bertz CT molecular complexity index is 594. The zero-order valence-corrected chi connectivity index (χ0v) is 11.8. The first-order valence-corrected chi connectivity index (χ1v) is 6.87. The van der Waals surface area contributed by atoms with Crippen molar-refractivity contribution in [1.82, 2.24) is 5.32 Å². The van der Waals surface area contributed by atoms with Gasteiger partial charge in [-0.2, -0.15) is 0 Å². The Kier molecular flexibility index (Phi) is 4.85. The fourth-order valence-corrected chi connectivity index (χ4v) is 2.30. The highest BCUT2D eigenvalue weighted by atomic mass is 19.1. The second-order valence-electron chi connectivity index (χ2n) is 4.94. The average molecular weight is 275 g/mol. The van der Waals surface area contributed by atoms with Crippen LogP contribution in [0, 0.1) is 18.6 Å². The molecule has 0 aromatic heterocycles. The van der Waals surface area contributed by atoms with E-state index in [1.54, 1.807) is 18.2 Å². The molecule has 0 saturated carbocycles. The van der Waals surface area contributed by atoms with Gasteiger partial charge in [0, 0.05) is 6.54 Å². The Morgan fingerprint density at radius 2 is 1.60 bits per heavy atom. The van der Waals surface area contributed by atoms with Crippen LogP contribution in [0.15, 0.2) is 36.4 Å². The molecule has 106 valence electrons. The van der Waals surface area contributed by atoms with Crippen LogP contribution in [0.1, 0.15) is 24.5 Å². The zero-order chi connectivity index (χ0) is 14.5. The Balaban J connectivity index is 2.39. The Hall–Kier alpha value is -1.74. The van der Waals surface area contributed by atoms with E-state index >= 15 is 0 Å². The summed E-state index contributed by atoms with van der Waals surface area (Å²) in [5.41, 5.74) is 3.65. The van der Waals surface area contributed by atoms with Gasteiger partial charge in [-0.25, -0.2) is 8.78 Å². The maximum Gasteiger partial charge on any atom is 0.123 e. The van der Waals surface area contributed by atoms with E-state index in [1.165, 1.54) is 18.2 Å². The lowest BCUT2D eigenvalue weighted by Gasteiger charge is -2.13. The van der Waals surface area contributed by atoms with E-state index in [4.69, 9.17) is 0 Å². The quantitative estimate of drug-likeness (QED) is 0.795. The van der Waals surface area contributed by atoms with Gasteiger partial charge < -0.3 is 5.32 Å². The minimum absolute atomic E-state index is 0.248. The van der Waals surface area contributed by atoms with Crippen LogP contribution in [0.2, 0.25) is 0 Å². The van der Waals surface area contributed by atoms with E-state index in [1.807, 2.05) is 6.92 Å². The molecule has 2 aromatic rings. The summed E-state index contributed by atoms with van der Waals surface area (Å²) in [5, 5.41) is 3.28. The highest BCUT2D eigenvalue weighted by Gasteiger charge is 2.09. The van der Waals surface area contributed by atoms with Crippen LogP contribution in [-0.2, 0) is 6.54 Å². The van der Waals surface area contributed by atoms with Gasteiger partial charge in [-0.1, -0.05) is 19.1 Å². The Morgan fingerprint density at radius 1 is 0.950 bits per heavy atom. The van der Waals surface area contributed by atoms with Crippen LogP contribution in [0.25, 0.3) is 11.1 Å². The van der Waals surface area contributed by atoms with Crippen LogP contribution in [0.3, 0.4) is 0 Å². The van der Waals surface area contributed by atoms with E-state index < -0.39 is 0 Å². The summed E-state index contributed by atoms with van der Waals surface area (Å²) in [6.07, 6.45) is 1.03. The summed E-state index contributed by atoms with van der Waals surface area (Å²) in [5.74, 6) is -0.499. The maximum atomic E-state index is 13.4. The minimum atomic E-state index is -0.251. The van der Waals surface area contributed by atoms with Gasteiger partial charge in [0.1, 0.15) is 11.6 Å². The molecule has 20 heavy (non-hydrogen) atoms. The monoisotopic (exact) mass is 275 g/mol. The first-order chi connectivity index (χ1) is 9.61. The summed E-state index contributed by atoms with van der Waals surface area (Å²) in [4.78, 5) is 0. The van der Waals surface area contributed by atoms with Gasteiger partial charge in [0.25, 0.3) is 0 Å². The molecule has 1 N–H and O–H groups in total. The van der Waals surface area contributed by atoms with E-state index in [-0.39, 0.29) is 11.6 Å². The summed E-state index contributed by atoms with van der Waals surface area (Å²) >= 11 is 0. The highest BCUT2D eigenvalue weighted by molar-refractivity contribution is 5.70. The smallest absolute Gasteiger partial charge is 0.123 e. The van der Waals surface area contributed by atoms with Crippen LogP contribution in [0.5, 0.6) is 0 Å². The van der Waals surface area contributed by atoms with Crippen molar-refractivity contribution < 1.29 is 8.78 Å². The van der Waals surface area contributed by atoms with Gasteiger partial charge in [0.2, 0.25) is 0 Å². The van der Waals surface area contributed by atoms with E-state index in [0.717, 1.165) is 35.2 Å². The molecule has 0 spiro atoms. The van der Waals surface area contributed by atoms with E-state index in [0.29, 0.717) is 6.54 Å². The molecule has 0 bridgehead atoms. The molecular formula is C17H19F2N. The molecule has 0 saturated heterocycles. The number of nitrogens with one attached hydrogen (secondary N) is 1. The van der Waals surface area contributed by atoms with Crippen molar-refractivity contribution in [1.29, 1.82) is 0 Å². The molecule has 0 atom stereocenters. The number of halogens is 2. The number of hydrogen-bond acceptors (Lipinski definition) is 1. The molecule has 1 nitrogen and oxygen atoms in total. The van der Waals surface area contributed by atoms with Crippen molar-refractivity contribution in [2.24, 2.45) is 0 Å². The molecular weight excluding hydrogens is 256 g/mol. The van der Waals surface area contributed by atoms with Gasteiger partial charge in [0.05, 0.1) is 0 Å². The van der Waals surface area contributed by atoms with Gasteiger partial charge in [-0.3, -0.25) is 0 Å². The Labute approximate surface area is 118 Å². The fraction of sp³-hybridized carbons (Fsp3) is 0.294.